The number of fused-ring (bicyclic) bond motifs is 2. The van der Waals surface area contributed by atoms with Gasteiger partial charge in [-0.3, -0.25) is 4.79 Å². The number of halogens is 4. The number of alkyl halides is 3. The summed E-state index contributed by atoms with van der Waals surface area (Å²) >= 11 is 6.67. The molecule has 15 heteroatoms. The molecule has 1 fully saturated rings. The maximum atomic E-state index is 13.5. The van der Waals surface area contributed by atoms with Crippen molar-refractivity contribution in [2.75, 3.05) is 17.7 Å². The number of aryl methyl sites for hydroxylation is 1. The Bertz CT molecular complexity index is 1770. The molecule has 1 aliphatic rings. The van der Waals surface area contributed by atoms with Gasteiger partial charge in [-0.05, 0) is 18.9 Å². The third-order valence-corrected chi connectivity index (χ3v) is 6.58. The number of hydrogen-bond acceptors (Lipinski definition) is 8. The monoisotopic (exact) mass is 545 g/mol. The van der Waals surface area contributed by atoms with Gasteiger partial charge in [0.25, 0.3) is 5.56 Å². The van der Waals surface area contributed by atoms with Crippen LogP contribution >= 0.6 is 11.6 Å². The number of pyridine rings is 2. The maximum absolute atomic E-state index is 13.5. The highest BCUT2D eigenvalue weighted by molar-refractivity contribution is 6.36. The van der Waals surface area contributed by atoms with Gasteiger partial charge < -0.3 is 24.5 Å². The average molecular weight is 546 g/mol. The van der Waals surface area contributed by atoms with Gasteiger partial charge in [-0.2, -0.15) is 23.3 Å². The minimum absolute atomic E-state index is 0.0861. The molecule has 1 saturated carbocycles. The van der Waals surface area contributed by atoms with E-state index in [2.05, 4.69) is 30.7 Å². The molecule has 1 aliphatic carbocycles. The van der Waals surface area contributed by atoms with Gasteiger partial charge in [0.15, 0.2) is 28.5 Å². The Hall–Kier alpha value is -4.33. The Morgan fingerprint density at radius 2 is 1.95 bits per heavy atom. The SMILES string of the molecule is CNc1nccn2ncc(Oc3cnc4nc(Nc5cc(C(F)(F)F)cn(C6CC6)c5=O)n(C)c4c3Cl)c12. The van der Waals surface area contributed by atoms with Gasteiger partial charge in [-0.25, -0.2) is 14.5 Å². The Labute approximate surface area is 216 Å². The fourth-order valence-electron chi connectivity index (χ4n) is 4.18. The fourth-order valence-corrected chi connectivity index (χ4v) is 4.48. The summed E-state index contributed by atoms with van der Waals surface area (Å²) in [5, 5.41) is 10.1. The summed E-state index contributed by atoms with van der Waals surface area (Å²) in [6.07, 6.45) is 3.67. The van der Waals surface area contributed by atoms with Crippen molar-refractivity contribution in [1.82, 2.24) is 33.7 Å². The zero-order valence-electron chi connectivity index (χ0n) is 19.9. The van der Waals surface area contributed by atoms with Gasteiger partial charge in [0.2, 0.25) is 5.95 Å². The van der Waals surface area contributed by atoms with E-state index in [-0.39, 0.29) is 34.1 Å². The molecule has 2 N–H and O–H groups in total. The number of ether oxygens (including phenoxy) is 1. The van der Waals surface area contributed by atoms with Crippen LogP contribution < -0.4 is 20.9 Å². The molecule has 0 spiro atoms. The van der Waals surface area contributed by atoms with Crippen LogP contribution in [0, 0.1) is 0 Å². The Kier molecular flexibility index (Phi) is 5.45. The average Bonchev–Trinajstić information content (AvgIpc) is 3.57. The highest BCUT2D eigenvalue weighted by Gasteiger charge is 2.35. The number of aromatic nitrogens is 7. The number of anilines is 3. The zero-order valence-corrected chi connectivity index (χ0v) is 20.7. The number of nitrogens with one attached hydrogen (secondary N) is 2. The van der Waals surface area contributed by atoms with Crippen LogP contribution in [0.4, 0.5) is 30.6 Å². The molecule has 6 rings (SSSR count). The molecule has 0 bridgehead atoms. The van der Waals surface area contributed by atoms with E-state index in [4.69, 9.17) is 16.3 Å². The normalized spacial score (nSPS) is 13.8. The molecule has 196 valence electrons. The molecule has 5 aromatic heterocycles. The van der Waals surface area contributed by atoms with Crippen molar-refractivity contribution >= 4 is 45.7 Å². The van der Waals surface area contributed by atoms with Crippen molar-refractivity contribution in [3.63, 3.8) is 0 Å². The molecule has 5 aromatic rings. The lowest BCUT2D eigenvalue weighted by Gasteiger charge is -2.14. The molecule has 0 aromatic carbocycles. The van der Waals surface area contributed by atoms with Crippen LogP contribution in [0.1, 0.15) is 24.4 Å². The summed E-state index contributed by atoms with van der Waals surface area (Å²) in [6, 6.07) is 0.531. The smallest absolute Gasteiger partial charge is 0.417 e. The second-order valence-corrected chi connectivity index (χ2v) is 9.12. The first-order chi connectivity index (χ1) is 18.2. The van der Waals surface area contributed by atoms with Crippen LogP contribution in [0.15, 0.2) is 41.8 Å². The minimum atomic E-state index is -4.62. The summed E-state index contributed by atoms with van der Waals surface area (Å²) in [6.45, 7) is 0. The summed E-state index contributed by atoms with van der Waals surface area (Å²) < 4.78 is 50.8. The predicted octanol–water partition coefficient (Wildman–Crippen LogP) is 4.76. The quantitative estimate of drug-likeness (QED) is 0.314. The molecule has 11 nitrogen and oxygen atoms in total. The van der Waals surface area contributed by atoms with Crippen molar-refractivity contribution in [1.29, 1.82) is 0 Å². The summed E-state index contributed by atoms with van der Waals surface area (Å²) in [7, 11) is 3.31. The zero-order chi connectivity index (χ0) is 26.8. The first kappa shape index (κ1) is 24.0. The summed E-state index contributed by atoms with van der Waals surface area (Å²) in [5.41, 5.74) is -0.617. The van der Waals surface area contributed by atoms with Crippen molar-refractivity contribution in [3.8, 4) is 11.5 Å². The lowest BCUT2D eigenvalue weighted by atomic mass is 10.2. The van der Waals surface area contributed by atoms with Gasteiger partial charge in [-0.1, -0.05) is 11.6 Å². The Balaban J connectivity index is 1.39. The van der Waals surface area contributed by atoms with Gasteiger partial charge in [-0.15, -0.1) is 0 Å². The Morgan fingerprint density at radius 3 is 2.66 bits per heavy atom. The number of hydrogen-bond donors (Lipinski definition) is 2. The van der Waals surface area contributed by atoms with E-state index in [1.54, 1.807) is 31.0 Å². The van der Waals surface area contributed by atoms with Crippen LogP contribution in [0.5, 0.6) is 11.5 Å². The van der Waals surface area contributed by atoms with E-state index < -0.39 is 17.3 Å². The molecule has 0 unspecified atom stereocenters. The van der Waals surface area contributed by atoms with E-state index in [0.29, 0.717) is 35.4 Å². The molecule has 5 heterocycles. The fraction of sp³-hybridized carbons (Fsp3) is 0.261. The Morgan fingerprint density at radius 1 is 1.16 bits per heavy atom. The molecule has 0 atom stereocenters. The number of rotatable bonds is 6. The largest absolute Gasteiger partial charge is 0.450 e. The molecular weight excluding hydrogens is 527 g/mol. The minimum Gasteiger partial charge on any atom is -0.450 e. The van der Waals surface area contributed by atoms with Crippen molar-refractivity contribution in [3.05, 3.63) is 58.0 Å². The van der Waals surface area contributed by atoms with Gasteiger partial charge in [0, 0.05) is 38.7 Å². The van der Waals surface area contributed by atoms with E-state index in [9.17, 15) is 18.0 Å². The highest BCUT2D eigenvalue weighted by atomic mass is 35.5. The van der Waals surface area contributed by atoms with E-state index in [1.807, 2.05) is 0 Å². The van der Waals surface area contributed by atoms with Crippen LogP contribution in [-0.4, -0.2) is 40.7 Å². The molecule has 0 aliphatic heterocycles. The number of nitrogens with zero attached hydrogens (tertiary/aromatic N) is 7. The van der Waals surface area contributed by atoms with Crippen molar-refractivity contribution in [2.45, 2.75) is 25.1 Å². The van der Waals surface area contributed by atoms with Crippen molar-refractivity contribution in [2.24, 2.45) is 7.05 Å². The first-order valence-electron chi connectivity index (χ1n) is 11.4. The summed E-state index contributed by atoms with van der Waals surface area (Å²) in [4.78, 5) is 25.8. The predicted molar refractivity (Wildman–Crippen MR) is 133 cm³/mol. The van der Waals surface area contributed by atoms with Crippen LogP contribution in [0.3, 0.4) is 0 Å². The number of imidazole rings is 1. The molecule has 0 radical (unpaired) electrons. The van der Waals surface area contributed by atoms with E-state index in [1.165, 1.54) is 17.0 Å². The lowest BCUT2D eigenvalue weighted by molar-refractivity contribution is -0.138. The highest BCUT2D eigenvalue weighted by Crippen LogP contribution is 2.39. The third-order valence-electron chi connectivity index (χ3n) is 6.22. The second-order valence-electron chi connectivity index (χ2n) is 8.74. The van der Waals surface area contributed by atoms with Gasteiger partial charge in [0.1, 0.15) is 16.2 Å². The van der Waals surface area contributed by atoms with Crippen molar-refractivity contribution < 1.29 is 17.9 Å². The topological polar surface area (TPSA) is 116 Å². The first-order valence-corrected chi connectivity index (χ1v) is 11.8. The third kappa shape index (κ3) is 3.97. The molecule has 0 amide bonds. The van der Waals surface area contributed by atoms with Gasteiger partial charge in [0.05, 0.1) is 18.0 Å². The molecular formula is C23H19ClF3N9O2. The summed E-state index contributed by atoms with van der Waals surface area (Å²) in [5.74, 6) is 1.19. The van der Waals surface area contributed by atoms with E-state index in [0.717, 1.165) is 16.8 Å². The van der Waals surface area contributed by atoms with Crippen LogP contribution in [-0.2, 0) is 13.2 Å². The van der Waals surface area contributed by atoms with E-state index >= 15 is 0 Å². The maximum Gasteiger partial charge on any atom is 0.417 e. The second kappa shape index (κ2) is 8.62. The molecule has 38 heavy (non-hydrogen) atoms. The van der Waals surface area contributed by atoms with Crippen LogP contribution in [0.25, 0.3) is 16.7 Å². The molecule has 0 saturated heterocycles. The lowest BCUT2D eigenvalue weighted by Crippen LogP contribution is -2.24. The van der Waals surface area contributed by atoms with Gasteiger partial charge >= 0.3 is 6.18 Å². The standard InChI is InChI=1S/C23H19ClF3N9O2/c1-28-19-17-15(9-31-36(17)6-5-29-19)38-14-8-30-20-18(16(14)24)34(2)22(33-20)32-13-7-11(23(25,26)27)10-35(21(13)37)12-3-4-12/h5-10,12H,3-4H2,1-2H3,(H,28,29)(H,30,32,33). The van der Waals surface area contributed by atoms with Crippen LogP contribution in [0.2, 0.25) is 5.02 Å².